The number of piperidine rings is 1. The van der Waals surface area contributed by atoms with Crippen molar-refractivity contribution in [3.05, 3.63) is 29.3 Å². The van der Waals surface area contributed by atoms with Crippen molar-refractivity contribution in [2.75, 3.05) is 19.6 Å². The van der Waals surface area contributed by atoms with Crippen LogP contribution in [0.5, 0.6) is 0 Å². The molecule has 1 saturated carbocycles. The second kappa shape index (κ2) is 8.81. The van der Waals surface area contributed by atoms with Crippen LogP contribution in [-0.4, -0.2) is 50.3 Å². The van der Waals surface area contributed by atoms with Gasteiger partial charge in [-0.25, -0.2) is 8.42 Å². The Morgan fingerprint density at radius 2 is 1.77 bits per heavy atom. The zero-order valence-corrected chi connectivity index (χ0v) is 18.9. The third-order valence-corrected chi connectivity index (χ3v) is 9.67. The molecule has 3 atom stereocenters. The van der Waals surface area contributed by atoms with E-state index in [-0.39, 0.29) is 17.9 Å². The number of amides is 1. The topological polar surface area (TPSA) is 90.5 Å². The molecule has 2 aliphatic heterocycles. The van der Waals surface area contributed by atoms with Gasteiger partial charge in [-0.1, -0.05) is 12.5 Å². The zero-order chi connectivity index (χ0) is 21.4. The van der Waals surface area contributed by atoms with Crippen molar-refractivity contribution in [3.63, 3.8) is 0 Å². The molecule has 3 unspecified atom stereocenters. The van der Waals surface area contributed by atoms with Gasteiger partial charge in [0, 0.05) is 37.6 Å². The first-order valence-corrected chi connectivity index (χ1v) is 13.4. The van der Waals surface area contributed by atoms with Crippen LogP contribution < -0.4 is 16.2 Å². The number of aryl methyl sites for hydroxylation is 2. The maximum Gasteiger partial charge on any atom is 0.243 e. The van der Waals surface area contributed by atoms with Crippen molar-refractivity contribution in [1.82, 2.24) is 20.5 Å². The number of benzene rings is 1. The summed E-state index contributed by atoms with van der Waals surface area (Å²) in [5, 5.41) is 3.27. The van der Waals surface area contributed by atoms with Crippen LogP contribution in [-0.2, 0) is 27.7 Å². The first kappa shape index (κ1) is 21.4. The van der Waals surface area contributed by atoms with Gasteiger partial charge in [0.2, 0.25) is 15.9 Å². The highest BCUT2D eigenvalue weighted by Crippen LogP contribution is 2.30. The zero-order valence-electron chi connectivity index (χ0n) is 18.1. The molecule has 1 aromatic rings. The largest absolute Gasteiger partial charge is 0.351 e. The molecule has 2 aliphatic carbocycles. The van der Waals surface area contributed by atoms with Crippen molar-refractivity contribution in [2.24, 2.45) is 11.8 Å². The number of carbonyl (C=O) groups excluding carboxylic acids is 1. The van der Waals surface area contributed by atoms with Crippen LogP contribution in [0.3, 0.4) is 0 Å². The lowest BCUT2D eigenvalue weighted by Gasteiger charge is -2.36. The average molecular weight is 447 g/mol. The number of sulfonamides is 1. The number of hydrogen-bond acceptors (Lipinski definition) is 5. The number of nitrogens with one attached hydrogen (secondary N) is 3. The lowest BCUT2D eigenvalue weighted by Crippen LogP contribution is -2.54. The Labute approximate surface area is 185 Å². The Morgan fingerprint density at radius 1 is 1.00 bits per heavy atom. The summed E-state index contributed by atoms with van der Waals surface area (Å²) in [5.74, 6) is 0.567. The molecule has 0 radical (unpaired) electrons. The van der Waals surface area contributed by atoms with E-state index in [1.165, 1.54) is 24.0 Å². The van der Waals surface area contributed by atoms with Gasteiger partial charge in [-0.15, -0.1) is 0 Å². The van der Waals surface area contributed by atoms with Crippen LogP contribution in [0, 0.1) is 11.8 Å². The van der Waals surface area contributed by atoms with Crippen LogP contribution in [0.15, 0.2) is 23.1 Å². The second-order valence-electron chi connectivity index (χ2n) is 9.67. The summed E-state index contributed by atoms with van der Waals surface area (Å²) in [6.45, 7) is 1.79. The Balaban J connectivity index is 1.19. The first-order chi connectivity index (χ1) is 15.0. The summed E-state index contributed by atoms with van der Waals surface area (Å²) in [7, 11) is -3.50. The minimum atomic E-state index is -3.50. The molecule has 0 spiro atoms. The van der Waals surface area contributed by atoms with Crippen molar-refractivity contribution < 1.29 is 13.2 Å². The molecule has 3 fully saturated rings. The molecular weight excluding hydrogens is 412 g/mol. The summed E-state index contributed by atoms with van der Waals surface area (Å²) >= 11 is 0. The Morgan fingerprint density at radius 3 is 2.58 bits per heavy atom. The number of hydrogen-bond donors (Lipinski definition) is 3. The van der Waals surface area contributed by atoms with E-state index in [0.717, 1.165) is 38.6 Å². The number of fused-ring (bicyclic) bond motifs is 2. The molecule has 8 heteroatoms. The molecular formula is C23H34N4O3S. The molecule has 2 heterocycles. The van der Waals surface area contributed by atoms with Gasteiger partial charge in [0.05, 0.1) is 4.90 Å². The van der Waals surface area contributed by atoms with E-state index in [9.17, 15) is 13.2 Å². The molecule has 31 heavy (non-hydrogen) atoms. The highest BCUT2D eigenvalue weighted by Gasteiger charge is 2.39. The van der Waals surface area contributed by atoms with Crippen LogP contribution in [0.1, 0.15) is 56.1 Å². The molecule has 7 nitrogen and oxygen atoms in total. The molecule has 1 aromatic carbocycles. The van der Waals surface area contributed by atoms with E-state index in [1.54, 1.807) is 10.4 Å². The van der Waals surface area contributed by atoms with Crippen LogP contribution in [0.4, 0.5) is 0 Å². The van der Waals surface area contributed by atoms with E-state index in [0.29, 0.717) is 42.8 Å². The summed E-state index contributed by atoms with van der Waals surface area (Å²) in [5.41, 5.74) is 9.03. The highest BCUT2D eigenvalue weighted by molar-refractivity contribution is 7.89. The number of nitrogens with zero attached hydrogens (tertiary/aromatic N) is 1. The quantitative estimate of drug-likeness (QED) is 0.655. The Kier molecular flexibility index (Phi) is 6.07. The highest BCUT2D eigenvalue weighted by atomic mass is 32.2. The number of carbonyl (C=O) groups is 1. The van der Waals surface area contributed by atoms with Crippen LogP contribution >= 0.6 is 0 Å². The van der Waals surface area contributed by atoms with Crippen molar-refractivity contribution in [2.45, 2.75) is 74.8 Å². The first-order valence-electron chi connectivity index (χ1n) is 11.9. The predicted octanol–water partition coefficient (Wildman–Crippen LogP) is 1.73. The lowest BCUT2D eigenvalue weighted by atomic mass is 9.82. The van der Waals surface area contributed by atoms with E-state index in [2.05, 4.69) is 16.2 Å². The van der Waals surface area contributed by atoms with Gasteiger partial charge in [0.25, 0.3) is 0 Å². The minimum Gasteiger partial charge on any atom is -0.351 e. The van der Waals surface area contributed by atoms with Crippen molar-refractivity contribution in [3.8, 4) is 0 Å². The third kappa shape index (κ3) is 4.27. The molecule has 1 amide bonds. The molecule has 3 N–H and O–H groups in total. The summed E-state index contributed by atoms with van der Waals surface area (Å²) in [6, 6.07) is 6.11. The summed E-state index contributed by atoms with van der Waals surface area (Å²) in [6.07, 6.45) is 8.86. The third-order valence-electron chi connectivity index (χ3n) is 7.77. The van der Waals surface area contributed by atoms with Gasteiger partial charge in [-0.2, -0.15) is 4.31 Å². The Hall–Kier alpha value is -1.48. The monoisotopic (exact) mass is 446 g/mol. The smallest absolute Gasteiger partial charge is 0.243 e. The minimum absolute atomic E-state index is 0.0881. The molecule has 170 valence electrons. The van der Waals surface area contributed by atoms with Gasteiger partial charge >= 0.3 is 0 Å². The molecule has 0 aromatic heterocycles. The number of hydrazine groups is 1. The fourth-order valence-electron chi connectivity index (χ4n) is 5.88. The van der Waals surface area contributed by atoms with Crippen molar-refractivity contribution >= 4 is 15.9 Å². The fraction of sp³-hybridized carbons (Fsp3) is 0.696. The van der Waals surface area contributed by atoms with Crippen LogP contribution in [0.25, 0.3) is 0 Å². The number of rotatable bonds is 4. The maximum atomic E-state index is 13.2. The lowest BCUT2D eigenvalue weighted by molar-refractivity contribution is -0.127. The standard InChI is InChI=1S/C23H34N4O3S/c28-23(25-21-7-3-6-19-15-24-26-22(19)21)17-10-12-27(13-11-17)31(29,30)20-9-8-16-4-1-2-5-18(16)14-20/h8-9,14,17,19,21-22,24,26H,1-7,10-13,15H2,(H,25,28). The van der Waals surface area contributed by atoms with Gasteiger partial charge in [0.15, 0.2) is 0 Å². The molecule has 2 saturated heterocycles. The average Bonchev–Trinajstić information content (AvgIpc) is 3.29. The maximum absolute atomic E-state index is 13.2. The van der Waals surface area contributed by atoms with Gasteiger partial charge in [-0.3, -0.25) is 15.6 Å². The Bertz CT molecular complexity index is 927. The van der Waals surface area contributed by atoms with E-state index in [4.69, 9.17) is 0 Å². The van der Waals surface area contributed by atoms with Gasteiger partial charge < -0.3 is 5.32 Å². The summed E-state index contributed by atoms with van der Waals surface area (Å²) in [4.78, 5) is 13.3. The second-order valence-corrected chi connectivity index (χ2v) is 11.6. The van der Waals surface area contributed by atoms with Crippen molar-refractivity contribution in [1.29, 1.82) is 0 Å². The van der Waals surface area contributed by atoms with Gasteiger partial charge in [0.1, 0.15) is 0 Å². The SMILES string of the molecule is O=C(NC1CCCC2CNNC21)C1CCN(S(=O)(=O)c2ccc3c(c2)CCCC3)CC1. The molecule has 5 rings (SSSR count). The van der Waals surface area contributed by atoms with E-state index in [1.807, 2.05) is 12.1 Å². The molecule has 4 aliphatic rings. The van der Waals surface area contributed by atoms with Crippen LogP contribution in [0.2, 0.25) is 0 Å². The normalized spacial score (nSPS) is 29.9. The predicted molar refractivity (Wildman–Crippen MR) is 119 cm³/mol. The van der Waals surface area contributed by atoms with E-state index >= 15 is 0 Å². The van der Waals surface area contributed by atoms with E-state index < -0.39 is 10.0 Å². The summed E-state index contributed by atoms with van der Waals surface area (Å²) < 4.78 is 28.0. The fourth-order valence-corrected chi connectivity index (χ4v) is 7.40. The molecule has 0 bridgehead atoms. The van der Waals surface area contributed by atoms with Gasteiger partial charge in [-0.05, 0) is 80.5 Å².